The number of hydrogen-bond donors (Lipinski definition) is 1. The van der Waals surface area contributed by atoms with Crippen molar-refractivity contribution in [2.45, 2.75) is 13.5 Å². The molecule has 0 spiro atoms. The third-order valence-corrected chi connectivity index (χ3v) is 5.41. The molecule has 0 aliphatic carbocycles. The van der Waals surface area contributed by atoms with E-state index < -0.39 is 0 Å². The maximum Gasteiger partial charge on any atom is 0.277 e. The van der Waals surface area contributed by atoms with Gasteiger partial charge < -0.3 is 10.2 Å². The molecule has 2 amide bonds. The molecule has 0 saturated heterocycles. The molecule has 0 aromatic heterocycles. The molecular weight excluding hydrogens is 421 g/mol. The van der Waals surface area contributed by atoms with Crippen LogP contribution in [0.5, 0.6) is 0 Å². The van der Waals surface area contributed by atoms with Gasteiger partial charge in [-0.2, -0.15) is 0 Å². The number of nitrogens with one attached hydrogen (secondary N) is 1. The van der Waals surface area contributed by atoms with Crippen molar-refractivity contribution in [3.8, 4) is 0 Å². The second-order valence-electron chi connectivity index (χ2n) is 6.80. The zero-order valence-electron chi connectivity index (χ0n) is 16.0. The van der Waals surface area contributed by atoms with Crippen molar-refractivity contribution >= 4 is 57.8 Å². The lowest BCUT2D eigenvalue weighted by Gasteiger charge is -2.18. The highest BCUT2D eigenvalue weighted by atomic mass is 35.5. The standard InChI is InChI=1S/C23H17Cl2N3O2/c1-14(29)26-15-9-11-16(12-10-15)27-22-17-5-2-3-8-21(17)28(23(22)30)13-18-19(24)6-4-7-20(18)25/h2-12H,13H2,1H3,(H,26,29). The number of para-hydroxylation sites is 1. The Morgan fingerprint density at radius 1 is 0.967 bits per heavy atom. The molecule has 0 saturated carbocycles. The number of nitrogens with zero attached hydrogens (tertiary/aromatic N) is 2. The Labute approximate surface area is 183 Å². The van der Waals surface area contributed by atoms with Crippen LogP contribution in [-0.2, 0) is 16.1 Å². The summed E-state index contributed by atoms with van der Waals surface area (Å²) in [6.45, 7) is 1.69. The van der Waals surface area contributed by atoms with Crippen molar-refractivity contribution in [3.63, 3.8) is 0 Å². The Kier molecular flexibility index (Phi) is 5.57. The summed E-state index contributed by atoms with van der Waals surface area (Å²) in [6.07, 6.45) is 0. The van der Waals surface area contributed by atoms with Crippen molar-refractivity contribution in [2.24, 2.45) is 4.99 Å². The molecule has 5 nitrogen and oxygen atoms in total. The SMILES string of the molecule is CC(=O)Nc1ccc(N=C2C(=O)N(Cc3c(Cl)cccc3Cl)c3ccccc32)cc1. The number of fused-ring (bicyclic) bond motifs is 1. The van der Waals surface area contributed by atoms with Gasteiger partial charge in [-0.05, 0) is 42.5 Å². The molecule has 3 aromatic carbocycles. The van der Waals surface area contributed by atoms with Crippen LogP contribution in [0.2, 0.25) is 10.0 Å². The van der Waals surface area contributed by atoms with Gasteiger partial charge in [-0.3, -0.25) is 9.59 Å². The van der Waals surface area contributed by atoms with Crippen molar-refractivity contribution in [2.75, 3.05) is 10.2 Å². The molecule has 30 heavy (non-hydrogen) atoms. The first-order chi connectivity index (χ1) is 14.4. The highest BCUT2D eigenvalue weighted by Gasteiger charge is 2.34. The third kappa shape index (κ3) is 3.95. The fraction of sp³-hybridized carbons (Fsp3) is 0.0870. The monoisotopic (exact) mass is 437 g/mol. The fourth-order valence-corrected chi connectivity index (χ4v) is 3.84. The average Bonchev–Trinajstić information content (AvgIpc) is 2.97. The van der Waals surface area contributed by atoms with Gasteiger partial charge in [0.05, 0.1) is 17.9 Å². The molecule has 3 aromatic rings. The largest absolute Gasteiger partial charge is 0.326 e. The first kappa shape index (κ1) is 20.1. The summed E-state index contributed by atoms with van der Waals surface area (Å²) in [7, 11) is 0. The molecule has 1 aliphatic rings. The van der Waals surface area contributed by atoms with E-state index >= 15 is 0 Å². The second-order valence-corrected chi connectivity index (χ2v) is 7.61. The molecule has 0 unspecified atom stereocenters. The molecule has 0 bridgehead atoms. The van der Waals surface area contributed by atoms with E-state index in [1.165, 1.54) is 6.92 Å². The van der Waals surface area contributed by atoms with Gasteiger partial charge in [0.15, 0.2) is 0 Å². The predicted octanol–water partition coefficient (Wildman–Crippen LogP) is 5.62. The van der Waals surface area contributed by atoms with E-state index in [0.29, 0.717) is 32.7 Å². The van der Waals surface area contributed by atoms with Gasteiger partial charge in [0.25, 0.3) is 5.91 Å². The minimum Gasteiger partial charge on any atom is -0.326 e. The van der Waals surface area contributed by atoms with E-state index in [0.717, 1.165) is 11.3 Å². The summed E-state index contributed by atoms with van der Waals surface area (Å²) in [5.74, 6) is -0.374. The second kappa shape index (κ2) is 8.30. The van der Waals surface area contributed by atoms with E-state index in [1.807, 2.05) is 24.3 Å². The van der Waals surface area contributed by atoms with Crippen molar-refractivity contribution in [1.29, 1.82) is 0 Å². The van der Waals surface area contributed by atoms with Crippen LogP contribution in [0.15, 0.2) is 71.7 Å². The molecule has 1 aliphatic heterocycles. The Morgan fingerprint density at radius 2 is 1.63 bits per heavy atom. The summed E-state index contributed by atoms with van der Waals surface area (Å²) in [6, 6.07) is 19.7. The number of amides is 2. The number of carbonyl (C=O) groups is 2. The molecule has 1 heterocycles. The molecule has 7 heteroatoms. The summed E-state index contributed by atoms with van der Waals surface area (Å²) in [5.41, 5.74) is 3.81. The Balaban J connectivity index is 1.70. The van der Waals surface area contributed by atoms with Crippen molar-refractivity contribution in [3.05, 3.63) is 87.9 Å². The topological polar surface area (TPSA) is 61.8 Å². The van der Waals surface area contributed by atoms with Gasteiger partial charge in [0.1, 0.15) is 5.71 Å². The lowest BCUT2D eigenvalue weighted by Crippen LogP contribution is -2.29. The predicted molar refractivity (Wildman–Crippen MR) is 121 cm³/mol. The third-order valence-electron chi connectivity index (χ3n) is 4.70. The average molecular weight is 438 g/mol. The van der Waals surface area contributed by atoms with Gasteiger partial charge in [-0.1, -0.05) is 47.5 Å². The molecule has 1 N–H and O–H groups in total. The van der Waals surface area contributed by atoms with E-state index in [1.54, 1.807) is 47.4 Å². The summed E-state index contributed by atoms with van der Waals surface area (Å²) in [5, 5.41) is 3.72. The lowest BCUT2D eigenvalue weighted by molar-refractivity contribution is -0.114. The van der Waals surface area contributed by atoms with E-state index in [4.69, 9.17) is 23.2 Å². The molecule has 150 valence electrons. The summed E-state index contributed by atoms with van der Waals surface area (Å²) < 4.78 is 0. The van der Waals surface area contributed by atoms with E-state index in [2.05, 4.69) is 10.3 Å². The van der Waals surface area contributed by atoms with E-state index in [-0.39, 0.29) is 18.4 Å². The summed E-state index contributed by atoms with van der Waals surface area (Å²) in [4.78, 5) is 30.7. The molecule has 0 radical (unpaired) electrons. The first-order valence-electron chi connectivity index (χ1n) is 9.24. The Morgan fingerprint density at radius 3 is 2.30 bits per heavy atom. The number of carbonyl (C=O) groups excluding carboxylic acids is 2. The van der Waals surface area contributed by atoms with Crippen LogP contribution < -0.4 is 10.2 Å². The van der Waals surface area contributed by atoms with Gasteiger partial charge in [-0.25, -0.2) is 4.99 Å². The smallest absolute Gasteiger partial charge is 0.277 e. The minimum absolute atomic E-state index is 0.150. The first-order valence-corrected chi connectivity index (χ1v) is 10.00. The number of rotatable bonds is 4. The lowest BCUT2D eigenvalue weighted by atomic mass is 10.1. The molecule has 0 atom stereocenters. The number of hydrogen-bond acceptors (Lipinski definition) is 3. The maximum absolute atomic E-state index is 13.3. The quantitative estimate of drug-likeness (QED) is 0.575. The number of halogens is 2. The maximum atomic E-state index is 13.3. The number of aliphatic imine (C=N–C) groups is 1. The highest BCUT2D eigenvalue weighted by molar-refractivity contribution is 6.54. The normalized spacial score (nSPS) is 14.2. The van der Waals surface area contributed by atoms with Crippen LogP contribution in [0.3, 0.4) is 0 Å². The number of benzene rings is 3. The Hall–Kier alpha value is -3.15. The highest BCUT2D eigenvalue weighted by Crippen LogP contribution is 2.35. The van der Waals surface area contributed by atoms with Crippen LogP contribution in [0.4, 0.5) is 17.1 Å². The number of anilines is 2. The zero-order valence-corrected chi connectivity index (χ0v) is 17.5. The minimum atomic E-state index is -0.224. The van der Waals surface area contributed by atoms with Crippen LogP contribution >= 0.6 is 23.2 Å². The summed E-state index contributed by atoms with van der Waals surface area (Å²) >= 11 is 12.6. The van der Waals surface area contributed by atoms with Gasteiger partial charge >= 0.3 is 0 Å². The fourth-order valence-electron chi connectivity index (χ4n) is 3.32. The molecule has 0 fully saturated rings. The van der Waals surface area contributed by atoms with Gasteiger partial charge in [0.2, 0.25) is 5.91 Å². The van der Waals surface area contributed by atoms with Crippen molar-refractivity contribution < 1.29 is 9.59 Å². The zero-order chi connectivity index (χ0) is 21.3. The van der Waals surface area contributed by atoms with Crippen LogP contribution in [0.1, 0.15) is 18.1 Å². The van der Waals surface area contributed by atoms with Gasteiger partial charge in [0, 0.05) is 33.8 Å². The van der Waals surface area contributed by atoms with Crippen LogP contribution in [-0.4, -0.2) is 17.5 Å². The molecule has 4 rings (SSSR count). The Bertz CT molecular complexity index is 1150. The van der Waals surface area contributed by atoms with Gasteiger partial charge in [-0.15, -0.1) is 0 Å². The van der Waals surface area contributed by atoms with E-state index in [9.17, 15) is 9.59 Å². The van der Waals surface area contributed by atoms with Crippen LogP contribution in [0.25, 0.3) is 0 Å². The van der Waals surface area contributed by atoms with Crippen LogP contribution in [0, 0.1) is 0 Å². The van der Waals surface area contributed by atoms with Crippen molar-refractivity contribution in [1.82, 2.24) is 0 Å². The molecular formula is C23H17Cl2N3O2.